The van der Waals surface area contributed by atoms with Crippen molar-refractivity contribution >= 4 is 17.7 Å². The zero-order chi connectivity index (χ0) is 17.5. The first-order valence-corrected chi connectivity index (χ1v) is 7.89. The average molecular weight is 326 g/mol. The lowest BCUT2D eigenvalue weighted by molar-refractivity contribution is 0.0526. The zero-order valence-corrected chi connectivity index (χ0v) is 14.2. The lowest BCUT2D eigenvalue weighted by atomic mass is 10.1. The van der Waals surface area contributed by atoms with Crippen LogP contribution in [0.15, 0.2) is 54.6 Å². The monoisotopic (exact) mass is 326 g/mol. The molecule has 0 aliphatic carbocycles. The minimum absolute atomic E-state index is 0.0509. The molecular weight excluding hydrogens is 304 g/mol. The van der Waals surface area contributed by atoms with E-state index in [-0.39, 0.29) is 18.0 Å². The van der Waals surface area contributed by atoms with E-state index in [1.54, 1.807) is 43.1 Å². The van der Waals surface area contributed by atoms with Crippen molar-refractivity contribution in [2.45, 2.75) is 19.9 Å². The van der Waals surface area contributed by atoms with E-state index in [0.717, 1.165) is 5.56 Å². The van der Waals surface area contributed by atoms with Gasteiger partial charge in [-0.25, -0.2) is 9.59 Å². The van der Waals surface area contributed by atoms with Crippen LogP contribution < -0.4 is 5.32 Å². The first-order valence-electron chi connectivity index (χ1n) is 7.89. The molecule has 1 unspecified atom stereocenters. The van der Waals surface area contributed by atoms with Crippen LogP contribution in [0.3, 0.4) is 0 Å². The summed E-state index contributed by atoms with van der Waals surface area (Å²) in [7, 11) is 1.75. The van der Waals surface area contributed by atoms with Crippen molar-refractivity contribution in [1.29, 1.82) is 0 Å². The summed E-state index contributed by atoms with van der Waals surface area (Å²) in [4.78, 5) is 25.6. The van der Waals surface area contributed by atoms with Gasteiger partial charge in [0.25, 0.3) is 0 Å². The van der Waals surface area contributed by atoms with E-state index in [1.807, 2.05) is 37.3 Å². The van der Waals surface area contributed by atoms with E-state index in [9.17, 15) is 9.59 Å². The lowest BCUT2D eigenvalue weighted by Crippen LogP contribution is -2.33. The normalized spacial score (nSPS) is 11.5. The van der Waals surface area contributed by atoms with Crippen LogP contribution >= 0.6 is 0 Å². The summed E-state index contributed by atoms with van der Waals surface area (Å²) in [5, 5.41) is 2.83. The number of rotatable bonds is 5. The molecule has 2 aromatic carbocycles. The molecule has 0 spiro atoms. The van der Waals surface area contributed by atoms with Gasteiger partial charge in [-0.2, -0.15) is 0 Å². The Morgan fingerprint density at radius 3 is 2.29 bits per heavy atom. The van der Waals surface area contributed by atoms with Gasteiger partial charge in [0.15, 0.2) is 0 Å². The number of nitrogens with zero attached hydrogens (tertiary/aromatic N) is 1. The van der Waals surface area contributed by atoms with Gasteiger partial charge in [0.1, 0.15) is 0 Å². The van der Waals surface area contributed by atoms with Crippen LogP contribution in [0.4, 0.5) is 10.5 Å². The summed E-state index contributed by atoms with van der Waals surface area (Å²) in [6.07, 6.45) is 0. The van der Waals surface area contributed by atoms with E-state index in [4.69, 9.17) is 4.74 Å². The number of carbonyl (C=O) groups excluding carboxylic acids is 2. The molecule has 5 nitrogen and oxygen atoms in total. The molecule has 2 amide bonds. The first kappa shape index (κ1) is 17.5. The molecule has 0 aliphatic rings. The fourth-order valence-electron chi connectivity index (χ4n) is 2.25. The highest BCUT2D eigenvalue weighted by Crippen LogP contribution is 2.19. The summed E-state index contributed by atoms with van der Waals surface area (Å²) < 4.78 is 4.93. The number of carbonyl (C=O) groups is 2. The van der Waals surface area contributed by atoms with Crippen molar-refractivity contribution in [3.05, 3.63) is 65.7 Å². The predicted molar refractivity (Wildman–Crippen MR) is 94.0 cm³/mol. The van der Waals surface area contributed by atoms with E-state index < -0.39 is 0 Å². The number of urea groups is 1. The molecule has 5 heteroatoms. The van der Waals surface area contributed by atoms with Gasteiger partial charge >= 0.3 is 12.0 Å². The zero-order valence-electron chi connectivity index (χ0n) is 14.2. The Labute approximate surface area is 142 Å². The van der Waals surface area contributed by atoms with Crippen molar-refractivity contribution in [2.75, 3.05) is 19.0 Å². The van der Waals surface area contributed by atoms with Gasteiger partial charge in [0, 0.05) is 12.7 Å². The Morgan fingerprint density at radius 2 is 1.71 bits per heavy atom. The summed E-state index contributed by atoms with van der Waals surface area (Å²) in [5.74, 6) is -0.370. The van der Waals surface area contributed by atoms with Crippen molar-refractivity contribution in [2.24, 2.45) is 0 Å². The number of hydrogen-bond donors (Lipinski definition) is 1. The van der Waals surface area contributed by atoms with Crippen LogP contribution in [-0.2, 0) is 4.74 Å². The van der Waals surface area contributed by atoms with Gasteiger partial charge in [-0.1, -0.05) is 30.3 Å². The Balaban J connectivity index is 2.00. The Kier molecular flexibility index (Phi) is 5.95. The summed E-state index contributed by atoms with van der Waals surface area (Å²) in [6.45, 7) is 4.06. The summed E-state index contributed by atoms with van der Waals surface area (Å²) in [5.41, 5.74) is 2.15. The van der Waals surface area contributed by atoms with E-state index in [1.165, 1.54) is 0 Å². The quantitative estimate of drug-likeness (QED) is 0.842. The molecular formula is C19H22N2O3. The van der Waals surface area contributed by atoms with Gasteiger partial charge in [-0.15, -0.1) is 0 Å². The van der Waals surface area contributed by atoms with Crippen LogP contribution in [-0.4, -0.2) is 30.6 Å². The fourth-order valence-corrected chi connectivity index (χ4v) is 2.25. The number of hydrogen-bond acceptors (Lipinski definition) is 3. The molecule has 0 fully saturated rings. The molecule has 0 bridgehead atoms. The smallest absolute Gasteiger partial charge is 0.338 e. The largest absolute Gasteiger partial charge is 0.462 e. The molecule has 24 heavy (non-hydrogen) atoms. The van der Waals surface area contributed by atoms with Crippen molar-refractivity contribution in [3.63, 3.8) is 0 Å². The molecule has 1 atom stereocenters. The molecule has 126 valence electrons. The van der Waals surface area contributed by atoms with E-state index >= 15 is 0 Å². The standard InChI is InChI=1S/C19H22N2O3/c1-4-24-18(22)16-10-12-17(13-11-16)20-19(23)21(3)14(2)15-8-6-5-7-9-15/h5-14H,4H2,1-3H3,(H,20,23). The third kappa shape index (κ3) is 4.35. The molecule has 1 N–H and O–H groups in total. The van der Waals surface area contributed by atoms with Gasteiger partial charge in [-0.3, -0.25) is 0 Å². The van der Waals surface area contributed by atoms with Crippen LogP contribution in [0.1, 0.15) is 35.8 Å². The van der Waals surface area contributed by atoms with E-state index in [0.29, 0.717) is 17.9 Å². The SMILES string of the molecule is CCOC(=O)c1ccc(NC(=O)N(C)C(C)c2ccccc2)cc1. The maximum absolute atomic E-state index is 12.4. The van der Waals surface area contributed by atoms with Gasteiger partial charge in [-0.05, 0) is 43.7 Å². The number of anilines is 1. The maximum atomic E-state index is 12.4. The molecule has 0 saturated carbocycles. The number of ether oxygens (including phenoxy) is 1. The van der Waals surface area contributed by atoms with Gasteiger partial charge < -0.3 is 15.0 Å². The van der Waals surface area contributed by atoms with Crippen LogP contribution in [0.2, 0.25) is 0 Å². The second kappa shape index (κ2) is 8.15. The molecule has 0 radical (unpaired) electrons. The molecule has 2 rings (SSSR count). The van der Waals surface area contributed by atoms with Crippen LogP contribution in [0, 0.1) is 0 Å². The Bertz CT molecular complexity index is 684. The maximum Gasteiger partial charge on any atom is 0.338 e. The molecule has 0 saturated heterocycles. The Hall–Kier alpha value is -2.82. The van der Waals surface area contributed by atoms with Crippen molar-refractivity contribution in [1.82, 2.24) is 4.90 Å². The molecule has 0 aliphatic heterocycles. The topological polar surface area (TPSA) is 58.6 Å². The summed E-state index contributed by atoms with van der Waals surface area (Å²) >= 11 is 0. The summed E-state index contributed by atoms with van der Waals surface area (Å²) in [6, 6.07) is 16.2. The number of nitrogens with one attached hydrogen (secondary N) is 1. The minimum Gasteiger partial charge on any atom is -0.462 e. The third-order valence-corrected chi connectivity index (χ3v) is 3.83. The predicted octanol–water partition coefficient (Wildman–Crippen LogP) is 4.09. The second-order valence-electron chi connectivity index (χ2n) is 5.43. The van der Waals surface area contributed by atoms with E-state index in [2.05, 4.69) is 5.32 Å². The van der Waals surface area contributed by atoms with Crippen molar-refractivity contribution < 1.29 is 14.3 Å². The second-order valence-corrected chi connectivity index (χ2v) is 5.43. The first-order chi connectivity index (χ1) is 11.5. The van der Waals surface area contributed by atoms with Gasteiger partial charge in [0.2, 0.25) is 0 Å². The lowest BCUT2D eigenvalue weighted by Gasteiger charge is -2.25. The van der Waals surface area contributed by atoms with Crippen LogP contribution in [0.25, 0.3) is 0 Å². The Morgan fingerprint density at radius 1 is 1.08 bits per heavy atom. The minimum atomic E-state index is -0.370. The molecule has 0 aromatic heterocycles. The highest BCUT2D eigenvalue weighted by Gasteiger charge is 2.17. The average Bonchev–Trinajstić information content (AvgIpc) is 2.62. The van der Waals surface area contributed by atoms with Crippen molar-refractivity contribution in [3.8, 4) is 0 Å². The van der Waals surface area contributed by atoms with Crippen LogP contribution in [0.5, 0.6) is 0 Å². The fraction of sp³-hybridized carbons (Fsp3) is 0.263. The van der Waals surface area contributed by atoms with Gasteiger partial charge in [0.05, 0.1) is 18.2 Å². The highest BCUT2D eigenvalue weighted by atomic mass is 16.5. The number of benzene rings is 2. The third-order valence-electron chi connectivity index (χ3n) is 3.83. The molecule has 2 aromatic rings. The molecule has 0 heterocycles. The number of amides is 2. The number of esters is 1. The highest BCUT2D eigenvalue weighted by molar-refractivity contribution is 5.92.